The summed E-state index contributed by atoms with van der Waals surface area (Å²) in [6.45, 7) is 0.972. The van der Waals surface area contributed by atoms with E-state index in [0.717, 1.165) is 0 Å². The standard InChI is InChI=1S/C22H21NO8/c1-12(22(26)27)23-20(24)11-30-14-5-6-15-17(10-14)31-19(21(15)25)9-13-4-7-16(28-2)18(8-13)29-3/h4-10,12H,11H2,1-3H3,(H,23,24)(H,26,27)/t12-/m1/s1. The highest BCUT2D eigenvalue weighted by Crippen LogP contribution is 2.35. The van der Waals surface area contributed by atoms with E-state index in [1.165, 1.54) is 33.3 Å². The average molecular weight is 427 g/mol. The van der Waals surface area contributed by atoms with Crippen LogP contribution in [0, 0.1) is 0 Å². The zero-order valence-corrected chi connectivity index (χ0v) is 17.1. The molecule has 162 valence electrons. The predicted molar refractivity (Wildman–Crippen MR) is 110 cm³/mol. The minimum atomic E-state index is -1.15. The Morgan fingerprint density at radius 3 is 2.55 bits per heavy atom. The first kappa shape index (κ1) is 21.7. The van der Waals surface area contributed by atoms with Crippen molar-refractivity contribution in [1.82, 2.24) is 5.32 Å². The normalized spacial score (nSPS) is 14.4. The number of carboxylic acids is 1. The van der Waals surface area contributed by atoms with Gasteiger partial charge < -0.3 is 29.4 Å². The molecule has 0 radical (unpaired) electrons. The van der Waals surface area contributed by atoms with E-state index >= 15 is 0 Å². The van der Waals surface area contributed by atoms with Crippen molar-refractivity contribution < 1.29 is 38.4 Å². The lowest BCUT2D eigenvalue weighted by molar-refractivity contribution is -0.141. The molecule has 0 aliphatic carbocycles. The molecule has 9 heteroatoms. The highest BCUT2D eigenvalue weighted by atomic mass is 16.5. The van der Waals surface area contributed by atoms with Gasteiger partial charge in [-0.05, 0) is 42.8 Å². The van der Waals surface area contributed by atoms with E-state index in [-0.39, 0.29) is 18.1 Å². The fourth-order valence-electron chi connectivity index (χ4n) is 2.84. The molecule has 2 aromatic rings. The molecule has 1 heterocycles. The van der Waals surface area contributed by atoms with E-state index < -0.39 is 17.9 Å². The van der Waals surface area contributed by atoms with Crippen LogP contribution in [-0.2, 0) is 9.59 Å². The average Bonchev–Trinajstić information content (AvgIpc) is 3.06. The number of carboxylic acid groups (broad SMARTS) is 1. The molecule has 0 saturated heterocycles. The zero-order valence-electron chi connectivity index (χ0n) is 17.1. The molecule has 2 N–H and O–H groups in total. The zero-order chi connectivity index (χ0) is 22.5. The van der Waals surface area contributed by atoms with E-state index in [0.29, 0.717) is 34.1 Å². The van der Waals surface area contributed by atoms with Crippen molar-refractivity contribution in [3.8, 4) is 23.0 Å². The molecule has 1 aliphatic heterocycles. The second-order valence-corrected chi connectivity index (χ2v) is 6.63. The van der Waals surface area contributed by atoms with Gasteiger partial charge >= 0.3 is 5.97 Å². The van der Waals surface area contributed by atoms with Crippen LogP contribution in [0.4, 0.5) is 0 Å². The van der Waals surface area contributed by atoms with Crippen molar-refractivity contribution in [1.29, 1.82) is 0 Å². The number of ether oxygens (including phenoxy) is 4. The van der Waals surface area contributed by atoms with E-state index in [4.69, 9.17) is 24.1 Å². The van der Waals surface area contributed by atoms with Crippen molar-refractivity contribution in [3.05, 3.63) is 53.3 Å². The smallest absolute Gasteiger partial charge is 0.325 e. The molecule has 0 saturated carbocycles. The fourth-order valence-corrected chi connectivity index (χ4v) is 2.84. The van der Waals surface area contributed by atoms with Gasteiger partial charge in [0, 0.05) is 6.07 Å². The van der Waals surface area contributed by atoms with Gasteiger partial charge in [-0.25, -0.2) is 0 Å². The second-order valence-electron chi connectivity index (χ2n) is 6.63. The first-order valence-corrected chi connectivity index (χ1v) is 9.27. The first-order chi connectivity index (χ1) is 14.8. The third-order valence-corrected chi connectivity index (χ3v) is 4.46. The van der Waals surface area contributed by atoms with Crippen molar-refractivity contribution in [3.63, 3.8) is 0 Å². The van der Waals surface area contributed by atoms with E-state index in [9.17, 15) is 14.4 Å². The number of Topliss-reactive ketones (excluding diaryl/α,β-unsaturated/α-hetero) is 1. The van der Waals surface area contributed by atoms with Crippen LogP contribution in [0.1, 0.15) is 22.8 Å². The molecule has 1 atom stereocenters. The number of methoxy groups -OCH3 is 2. The summed E-state index contributed by atoms with van der Waals surface area (Å²) in [4.78, 5) is 35.2. The molecule has 0 bridgehead atoms. The van der Waals surface area contributed by atoms with Crippen LogP contribution in [-0.4, -0.2) is 49.6 Å². The number of ketones is 1. The lowest BCUT2D eigenvalue weighted by atomic mass is 10.1. The summed E-state index contributed by atoms with van der Waals surface area (Å²) in [5, 5.41) is 11.1. The third-order valence-electron chi connectivity index (χ3n) is 4.46. The van der Waals surface area contributed by atoms with Gasteiger partial charge in [0.05, 0.1) is 19.8 Å². The number of fused-ring (bicyclic) bond motifs is 1. The maximum Gasteiger partial charge on any atom is 0.325 e. The molecule has 1 amide bonds. The summed E-state index contributed by atoms with van der Waals surface area (Å²) in [7, 11) is 3.05. The molecular formula is C22H21NO8. The molecule has 3 rings (SSSR count). The molecule has 0 unspecified atom stereocenters. The van der Waals surface area contributed by atoms with Crippen LogP contribution in [0.3, 0.4) is 0 Å². The minimum absolute atomic E-state index is 0.132. The summed E-state index contributed by atoms with van der Waals surface area (Å²) in [6, 6.07) is 8.75. The third kappa shape index (κ3) is 4.95. The highest BCUT2D eigenvalue weighted by Gasteiger charge is 2.28. The van der Waals surface area contributed by atoms with Gasteiger partial charge in [-0.2, -0.15) is 0 Å². The van der Waals surface area contributed by atoms with Crippen LogP contribution < -0.4 is 24.3 Å². The molecule has 0 fully saturated rings. The maximum absolute atomic E-state index is 12.6. The Hall–Kier alpha value is -4.01. The van der Waals surface area contributed by atoms with E-state index in [1.54, 1.807) is 30.3 Å². The van der Waals surface area contributed by atoms with Gasteiger partial charge in [0.25, 0.3) is 5.91 Å². The van der Waals surface area contributed by atoms with Gasteiger partial charge in [0.1, 0.15) is 17.5 Å². The number of hydrogen-bond acceptors (Lipinski definition) is 7. The molecule has 31 heavy (non-hydrogen) atoms. The molecular weight excluding hydrogens is 406 g/mol. The van der Waals surface area contributed by atoms with E-state index in [1.807, 2.05) is 0 Å². The number of hydrogen-bond donors (Lipinski definition) is 2. The second kappa shape index (κ2) is 9.21. The molecule has 0 aromatic heterocycles. The summed E-state index contributed by atoms with van der Waals surface area (Å²) in [5.74, 6) is -0.198. The molecule has 2 aromatic carbocycles. The van der Waals surface area contributed by atoms with Crippen LogP contribution >= 0.6 is 0 Å². The van der Waals surface area contributed by atoms with Crippen LogP contribution in [0.15, 0.2) is 42.2 Å². The van der Waals surface area contributed by atoms with Crippen molar-refractivity contribution in [2.75, 3.05) is 20.8 Å². The summed E-state index contributed by atoms with van der Waals surface area (Å²) in [6.07, 6.45) is 1.59. The van der Waals surface area contributed by atoms with Crippen LogP contribution in [0.2, 0.25) is 0 Å². The Morgan fingerprint density at radius 1 is 1.13 bits per heavy atom. The van der Waals surface area contributed by atoms with Gasteiger partial charge in [-0.3, -0.25) is 14.4 Å². The van der Waals surface area contributed by atoms with Crippen molar-refractivity contribution in [2.24, 2.45) is 0 Å². The number of carbonyl (C=O) groups excluding carboxylic acids is 2. The first-order valence-electron chi connectivity index (χ1n) is 9.27. The lowest BCUT2D eigenvalue weighted by Crippen LogP contribution is -2.40. The van der Waals surface area contributed by atoms with E-state index in [2.05, 4.69) is 5.32 Å². The quantitative estimate of drug-likeness (QED) is 0.616. The maximum atomic E-state index is 12.6. The fraction of sp³-hybridized carbons (Fsp3) is 0.227. The van der Waals surface area contributed by atoms with Crippen LogP contribution in [0.5, 0.6) is 23.0 Å². The van der Waals surface area contributed by atoms with Crippen LogP contribution in [0.25, 0.3) is 6.08 Å². The highest BCUT2D eigenvalue weighted by molar-refractivity contribution is 6.14. The largest absolute Gasteiger partial charge is 0.493 e. The summed E-state index contributed by atoms with van der Waals surface area (Å²) < 4.78 is 21.5. The monoisotopic (exact) mass is 427 g/mol. The minimum Gasteiger partial charge on any atom is -0.493 e. The Bertz CT molecular complexity index is 1060. The molecule has 1 aliphatic rings. The summed E-state index contributed by atoms with van der Waals surface area (Å²) in [5.41, 5.74) is 1.05. The molecule has 9 nitrogen and oxygen atoms in total. The Morgan fingerprint density at radius 2 is 1.87 bits per heavy atom. The number of carbonyl (C=O) groups is 3. The predicted octanol–water partition coefficient (Wildman–Crippen LogP) is 2.29. The van der Waals surface area contributed by atoms with Gasteiger partial charge in [0.15, 0.2) is 23.9 Å². The number of allylic oxidation sites excluding steroid dienone is 1. The SMILES string of the molecule is COc1ccc(C=C2Oc3cc(OCC(=O)N[C@H](C)C(=O)O)ccc3C2=O)cc1OC. The number of benzene rings is 2. The van der Waals surface area contributed by atoms with Crippen molar-refractivity contribution >= 4 is 23.7 Å². The Labute approximate surface area is 178 Å². The van der Waals surface area contributed by atoms with Gasteiger partial charge in [0.2, 0.25) is 5.78 Å². The number of nitrogens with one attached hydrogen (secondary N) is 1. The van der Waals surface area contributed by atoms with Gasteiger partial charge in [-0.15, -0.1) is 0 Å². The lowest BCUT2D eigenvalue weighted by Gasteiger charge is -2.10. The Balaban J connectivity index is 1.71. The topological polar surface area (TPSA) is 120 Å². The van der Waals surface area contributed by atoms with Crippen molar-refractivity contribution in [2.45, 2.75) is 13.0 Å². The number of amides is 1. The number of rotatable bonds is 8. The summed E-state index contributed by atoms with van der Waals surface area (Å²) >= 11 is 0. The number of aliphatic carboxylic acids is 1. The molecule has 0 spiro atoms. The Kier molecular flexibility index (Phi) is 6.44. The van der Waals surface area contributed by atoms with Gasteiger partial charge in [-0.1, -0.05) is 6.07 Å².